The monoisotopic (exact) mass is 251 g/mol. The van der Waals surface area contributed by atoms with Crippen LogP contribution in [0.15, 0.2) is 0 Å². The number of likely N-dealkylation sites (N-methyl/N-ethyl adjacent to an activating group) is 1. The second-order valence-electron chi connectivity index (χ2n) is 5.35. The zero-order valence-corrected chi connectivity index (χ0v) is 12.0. The number of ether oxygens (including phenoxy) is 1. The molecule has 1 aliphatic heterocycles. The number of aryl methyl sites for hydroxylation is 2. The van der Waals surface area contributed by atoms with Crippen LogP contribution in [0.3, 0.4) is 0 Å². The Labute approximate surface area is 110 Å². The van der Waals surface area contributed by atoms with Crippen LogP contribution in [-0.2, 0) is 18.2 Å². The average molecular weight is 251 g/mol. The van der Waals surface area contributed by atoms with Crippen molar-refractivity contribution in [2.75, 3.05) is 20.3 Å². The van der Waals surface area contributed by atoms with Crippen LogP contribution in [0.4, 0.5) is 0 Å². The summed E-state index contributed by atoms with van der Waals surface area (Å²) in [5.41, 5.74) is 3.83. The molecule has 0 spiro atoms. The molecule has 0 amide bonds. The van der Waals surface area contributed by atoms with E-state index in [1.165, 1.54) is 24.1 Å². The Morgan fingerprint density at radius 1 is 1.50 bits per heavy atom. The van der Waals surface area contributed by atoms with E-state index < -0.39 is 0 Å². The molecule has 2 rings (SSSR count). The van der Waals surface area contributed by atoms with Gasteiger partial charge in [0.25, 0.3) is 0 Å². The third-order valence-corrected chi connectivity index (χ3v) is 4.22. The summed E-state index contributed by atoms with van der Waals surface area (Å²) in [5, 5.41) is 7.97. The van der Waals surface area contributed by atoms with Crippen molar-refractivity contribution >= 4 is 0 Å². The maximum Gasteiger partial charge on any atom is 0.0628 e. The van der Waals surface area contributed by atoms with Crippen molar-refractivity contribution in [2.24, 2.45) is 13.0 Å². The SMILES string of the molecule is CNC(Cc1c(C)nn(C)c1C)C1CCCOC1. The molecule has 4 heteroatoms. The minimum atomic E-state index is 0.493. The van der Waals surface area contributed by atoms with Gasteiger partial charge in [-0.25, -0.2) is 0 Å². The molecule has 2 atom stereocenters. The van der Waals surface area contributed by atoms with Gasteiger partial charge in [0.05, 0.1) is 12.3 Å². The maximum absolute atomic E-state index is 5.61. The number of aromatic nitrogens is 2. The lowest BCUT2D eigenvalue weighted by molar-refractivity contribution is 0.0404. The molecule has 1 saturated heterocycles. The highest BCUT2D eigenvalue weighted by molar-refractivity contribution is 5.25. The molecular weight excluding hydrogens is 226 g/mol. The van der Waals surface area contributed by atoms with E-state index in [1.807, 2.05) is 11.7 Å². The van der Waals surface area contributed by atoms with Gasteiger partial charge < -0.3 is 10.1 Å². The summed E-state index contributed by atoms with van der Waals surface area (Å²) in [6.07, 6.45) is 3.51. The number of rotatable bonds is 4. The van der Waals surface area contributed by atoms with Crippen LogP contribution in [0, 0.1) is 19.8 Å². The molecule has 1 aliphatic rings. The van der Waals surface area contributed by atoms with Gasteiger partial charge in [0.15, 0.2) is 0 Å². The van der Waals surface area contributed by atoms with E-state index in [4.69, 9.17) is 4.74 Å². The Morgan fingerprint density at radius 3 is 2.78 bits per heavy atom. The number of hydrogen-bond donors (Lipinski definition) is 1. The Balaban J connectivity index is 2.09. The van der Waals surface area contributed by atoms with Crippen LogP contribution >= 0.6 is 0 Å². The van der Waals surface area contributed by atoms with Crippen molar-refractivity contribution in [2.45, 2.75) is 39.2 Å². The van der Waals surface area contributed by atoms with Crippen LogP contribution in [0.25, 0.3) is 0 Å². The first kappa shape index (κ1) is 13.6. The van der Waals surface area contributed by atoms with E-state index >= 15 is 0 Å². The minimum Gasteiger partial charge on any atom is -0.381 e. The first-order valence-electron chi connectivity index (χ1n) is 6.87. The Kier molecular flexibility index (Phi) is 4.40. The topological polar surface area (TPSA) is 39.1 Å². The molecule has 0 bridgehead atoms. The highest BCUT2D eigenvalue weighted by Crippen LogP contribution is 2.22. The van der Waals surface area contributed by atoms with E-state index in [0.29, 0.717) is 12.0 Å². The van der Waals surface area contributed by atoms with Crippen LogP contribution in [0.5, 0.6) is 0 Å². The molecule has 0 saturated carbocycles. The smallest absolute Gasteiger partial charge is 0.0628 e. The van der Waals surface area contributed by atoms with Crippen LogP contribution < -0.4 is 5.32 Å². The molecule has 1 aromatic heterocycles. The number of nitrogens with one attached hydrogen (secondary N) is 1. The number of hydrogen-bond acceptors (Lipinski definition) is 3. The fourth-order valence-corrected chi connectivity index (χ4v) is 2.92. The predicted molar refractivity (Wildman–Crippen MR) is 72.8 cm³/mol. The molecule has 1 aromatic rings. The van der Waals surface area contributed by atoms with Gasteiger partial charge in [0.1, 0.15) is 0 Å². The van der Waals surface area contributed by atoms with E-state index in [1.54, 1.807) is 0 Å². The normalized spacial score (nSPS) is 22.1. The van der Waals surface area contributed by atoms with Gasteiger partial charge in [-0.05, 0) is 51.6 Å². The Morgan fingerprint density at radius 2 is 2.28 bits per heavy atom. The highest BCUT2D eigenvalue weighted by atomic mass is 16.5. The lowest BCUT2D eigenvalue weighted by atomic mass is 9.89. The quantitative estimate of drug-likeness (QED) is 0.883. The van der Waals surface area contributed by atoms with E-state index in [9.17, 15) is 0 Å². The molecule has 18 heavy (non-hydrogen) atoms. The summed E-state index contributed by atoms with van der Waals surface area (Å²) in [5.74, 6) is 0.628. The number of nitrogens with zero attached hydrogens (tertiary/aromatic N) is 2. The maximum atomic E-state index is 5.61. The lowest BCUT2D eigenvalue weighted by Gasteiger charge is -2.30. The summed E-state index contributed by atoms with van der Waals surface area (Å²) >= 11 is 0. The van der Waals surface area contributed by atoms with Gasteiger partial charge in [0, 0.05) is 25.4 Å². The molecule has 102 valence electrons. The van der Waals surface area contributed by atoms with Gasteiger partial charge in [0.2, 0.25) is 0 Å². The Hall–Kier alpha value is -0.870. The zero-order valence-electron chi connectivity index (χ0n) is 12.0. The summed E-state index contributed by atoms with van der Waals surface area (Å²) in [6.45, 7) is 6.08. The fourth-order valence-electron chi connectivity index (χ4n) is 2.92. The minimum absolute atomic E-state index is 0.493. The van der Waals surface area contributed by atoms with Gasteiger partial charge in [-0.1, -0.05) is 0 Å². The standard InChI is InChI=1S/C14H25N3O/c1-10-13(11(2)17(4)16-10)8-14(15-3)12-6-5-7-18-9-12/h12,14-15H,5-9H2,1-4H3. The molecule has 0 radical (unpaired) electrons. The molecule has 1 N–H and O–H groups in total. The average Bonchev–Trinajstić information content (AvgIpc) is 2.62. The highest BCUT2D eigenvalue weighted by Gasteiger charge is 2.25. The molecule has 1 fully saturated rings. The molecule has 2 heterocycles. The van der Waals surface area contributed by atoms with E-state index in [0.717, 1.165) is 25.3 Å². The third kappa shape index (κ3) is 2.75. The Bertz CT molecular complexity index is 394. The first-order valence-corrected chi connectivity index (χ1v) is 6.87. The fraction of sp³-hybridized carbons (Fsp3) is 0.786. The zero-order chi connectivity index (χ0) is 13.1. The second kappa shape index (κ2) is 5.85. The molecule has 0 aliphatic carbocycles. The summed E-state index contributed by atoms with van der Waals surface area (Å²) in [7, 11) is 4.07. The first-order chi connectivity index (χ1) is 8.63. The second-order valence-corrected chi connectivity index (χ2v) is 5.35. The third-order valence-electron chi connectivity index (χ3n) is 4.22. The van der Waals surface area contributed by atoms with Crippen LogP contribution in [-0.4, -0.2) is 36.1 Å². The van der Waals surface area contributed by atoms with Gasteiger partial charge in [-0.2, -0.15) is 5.10 Å². The lowest BCUT2D eigenvalue weighted by Crippen LogP contribution is -2.40. The van der Waals surface area contributed by atoms with Crippen molar-refractivity contribution in [1.29, 1.82) is 0 Å². The molecular formula is C14H25N3O. The van der Waals surface area contributed by atoms with Gasteiger partial charge >= 0.3 is 0 Å². The summed E-state index contributed by atoms with van der Waals surface area (Å²) in [4.78, 5) is 0. The van der Waals surface area contributed by atoms with Crippen molar-refractivity contribution in [3.63, 3.8) is 0 Å². The van der Waals surface area contributed by atoms with Gasteiger partial charge in [-0.3, -0.25) is 4.68 Å². The van der Waals surface area contributed by atoms with E-state index in [2.05, 4.69) is 31.3 Å². The molecule has 2 unspecified atom stereocenters. The predicted octanol–water partition coefficient (Wildman–Crippen LogP) is 1.59. The van der Waals surface area contributed by atoms with Crippen molar-refractivity contribution in [1.82, 2.24) is 15.1 Å². The van der Waals surface area contributed by atoms with Crippen molar-refractivity contribution in [3.05, 3.63) is 17.0 Å². The largest absolute Gasteiger partial charge is 0.381 e. The molecule has 4 nitrogen and oxygen atoms in total. The molecule has 0 aromatic carbocycles. The van der Waals surface area contributed by atoms with Crippen LogP contribution in [0.1, 0.15) is 29.8 Å². The van der Waals surface area contributed by atoms with E-state index in [-0.39, 0.29) is 0 Å². The van der Waals surface area contributed by atoms with Crippen molar-refractivity contribution in [3.8, 4) is 0 Å². The van der Waals surface area contributed by atoms with Gasteiger partial charge in [-0.15, -0.1) is 0 Å². The van der Waals surface area contributed by atoms with Crippen LogP contribution in [0.2, 0.25) is 0 Å². The summed E-state index contributed by atoms with van der Waals surface area (Å²) < 4.78 is 7.59. The van der Waals surface area contributed by atoms with Crippen molar-refractivity contribution < 1.29 is 4.74 Å². The summed E-state index contributed by atoms with van der Waals surface area (Å²) in [6, 6.07) is 0.493.